The van der Waals surface area contributed by atoms with E-state index in [1.165, 1.54) is 167 Å². The fourth-order valence-electron chi connectivity index (χ4n) is 9.17. The van der Waals surface area contributed by atoms with Gasteiger partial charge >= 0.3 is 5.97 Å². The third-order valence-corrected chi connectivity index (χ3v) is 15.1. The van der Waals surface area contributed by atoms with E-state index in [1.54, 1.807) is 0 Å². The van der Waals surface area contributed by atoms with E-state index < -0.39 is 26.6 Å². The molecule has 0 aromatic carbocycles. The zero-order chi connectivity index (χ0) is 55.7. The number of unbranched alkanes of at least 4 members (excludes halogenated alkanes) is 34. The van der Waals surface area contributed by atoms with Crippen LogP contribution >= 0.6 is 7.82 Å². The summed E-state index contributed by atoms with van der Waals surface area (Å²) in [5, 5.41) is 3.03. The molecule has 0 aromatic heterocycles. The number of ether oxygens (including phenoxy) is 1. The quantitative estimate of drug-likeness (QED) is 0.0212. The number of allylic oxidation sites excluding steroid dienone is 9. The second-order valence-electron chi connectivity index (χ2n) is 22.9. The largest absolute Gasteiger partial charge is 0.756 e. The van der Waals surface area contributed by atoms with Crippen LogP contribution in [0.25, 0.3) is 0 Å². The topological polar surface area (TPSA) is 114 Å². The molecular weight excluding hydrogens is 964 g/mol. The maximum absolute atomic E-state index is 13.5. The Labute approximate surface area is 471 Å². The standard InChI is InChI=1S/C66H123N2O7P/c1-7-10-13-16-19-22-25-28-30-32-33-34-35-37-38-40-43-46-49-52-55-58-65(69)67-63(62-74-76(71,72)73-61-60-68(4,5)6)64(57-54-51-48-45-42-27-24-21-18-15-12-9-3)75-66(70)59-56-53-50-47-44-41-39-36-31-29-26-23-20-17-14-11-8-2/h19,22,28-31,33-34,54,57,63-64H,7-18,20-21,23-27,32,35-53,55-56,58-62H2,1-6H3,(H-,67,69,71,72)/b22-19-,30-28-,31-29+,34-33-,57-54-. The number of carbonyl (C=O) groups excluding carboxylic acids is 2. The highest BCUT2D eigenvalue weighted by Crippen LogP contribution is 2.38. The number of phosphoric ester groups is 1. The number of hydrogen-bond donors (Lipinski definition) is 1. The van der Waals surface area contributed by atoms with E-state index in [-0.39, 0.29) is 24.9 Å². The highest BCUT2D eigenvalue weighted by molar-refractivity contribution is 7.45. The number of nitrogens with one attached hydrogen (secondary N) is 1. The Hall–Kier alpha value is -2.29. The molecule has 3 unspecified atom stereocenters. The predicted molar refractivity (Wildman–Crippen MR) is 325 cm³/mol. The second kappa shape index (κ2) is 56.0. The van der Waals surface area contributed by atoms with Crippen molar-refractivity contribution < 1.29 is 37.3 Å². The summed E-state index contributed by atoms with van der Waals surface area (Å²) in [6, 6.07) is -0.895. The Morgan fingerprint density at radius 2 is 0.803 bits per heavy atom. The Kier molecular flexibility index (Phi) is 54.3. The summed E-state index contributed by atoms with van der Waals surface area (Å²) >= 11 is 0. The number of esters is 1. The Bertz CT molecular complexity index is 1490. The monoisotopic (exact) mass is 1090 g/mol. The van der Waals surface area contributed by atoms with Gasteiger partial charge < -0.3 is 28.5 Å². The van der Waals surface area contributed by atoms with Gasteiger partial charge in [0, 0.05) is 12.8 Å². The molecule has 0 bridgehead atoms. The number of quaternary nitrogens is 1. The Balaban J connectivity index is 5.23. The number of carbonyl (C=O) groups is 2. The molecule has 1 N–H and O–H groups in total. The maximum Gasteiger partial charge on any atom is 0.306 e. The van der Waals surface area contributed by atoms with Crippen LogP contribution in [0.2, 0.25) is 0 Å². The molecule has 0 radical (unpaired) electrons. The van der Waals surface area contributed by atoms with Gasteiger partial charge in [-0.2, -0.15) is 0 Å². The molecule has 9 nitrogen and oxygen atoms in total. The number of rotatable bonds is 58. The lowest BCUT2D eigenvalue weighted by Crippen LogP contribution is -2.47. The molecule has 0 saturated heterocycles. The van der Waals surface area contributed by atoms with Crippen LogP contribution in [0.4, 0.5) is 0 Å². The lowest BCUT2D eigenvalue weighted by molar-refractivity contribution is -0.870. The Morgan fingerprint density at radius 3 is 1.24 bits per heavy atom. The van der Waals surface area contributed by atoms with Crippen molar-refractivity contribution in [1.29, 1.82) is 0 Å². The third-order valence-electron chi connectivity index (χ3n) is 14.2. The predicted octanol–water partition coefficient (Wildman–Crippen LogP) is 19.2. The van der Waals surface area contributed by atoms with E-state index >= 15 is 0 Å². The molecule has 0 aliphatic heterocycles. The molecule has 0 heterocycles. The average Bonchev–Trinajstić information content (AvgIpc) is 3.38. The van der Waals surface area contributed by atoms with Gasteiger partial charge in [-0.15, -0.1) is 0 Å². The van der Waals surface area contributed by atoms with Crippen molar-refractivity contribution in [3.63, 3.8) is 0 Å². The minimum atomic E-state index is -4.70. The highest BCUT2D eigenvalue weighted by Gasteiger charge is 2.27. The first-order valence-electron chi connectivity index (χ1n) is 32.1. The summed E-state index contributed by atoms with van der Waals surface area (Å²) in [5.41, 5.74) is 0. The second-order valence-corrected chi connectivity index (χ2v) is 24.3. The summed E-state index contributed by atoms with van der Waals surface area (Å²) in [4.78, 5) is 40.0. The summed E-state index contributed by atoms with van der Waals surface area (Å²) in [6.45, 7) is 6.82. The summed E-state index contributed by atoms with van der Waals surface area (Å²) in [6.07, 6.45) is 70.4. The van der Waals surface area contributed by atoms with Gasteiger partial charge in [0.2, 0.25) is 5.91 Å². The molecule has 0 aliphatic rings. The van der Waals surface area contributed by atoms with E-state index in [2.05, 4.69) is 74.7 Å². The Morgan fingerprint density at radius 1 is 0.461 bits per heavy atom. The summed E-state index contributed by atoms with van der Waals surface area (Å²) in [7, 11) is 1.18. The van der Waals surface area contributed by atoms with Crippen LogP contribution < -0.4 is 10.2 Å². The van der Waals surface area contributed by atoms with Gasteiger partial charge in [0.05, 0.1) is 33.8 Å². The van der Waals surface area contributed by atoms with Gasteiger partial charge in [0.25, 0.3) is 7.82 Å². The molecule has 3 atom stereocenters. The van der Waals surface area contributed by atoms with E-state index in [4.69, 9.17) is 13.8 Å². The average molecular weight is 1090 g/mol. The highest BCUT2D eigenvalue weighted by atomic mass is 31.2. The zero-order valence-electron chi connectivity index (χ0n) is 50.7. The number of hydrogen-bond acceptors (Lipinski definition) is 7. The SMILES string of the molecule is CCCCC/C=C\C/C=C\C/C=C\CCCCCCCCCCC(=O)NC(COP(=O)([O-])OCC[N+](C)(C)C)C(/C=C\CCCCCCCCCCCC)OC(=O)CCCCCCCCC/C=C/CCCCCCCC. The lowest BCUT2D eigenvalue weighted by atomic mass is 10.0. The molecule has 0 rings (SSSR count). The normalized spacial score (nSPS) is 14.0. The molecule has 10 heteroatoms. The van der Waals surface area contributed by atoms with Crippen LogP contribution in [-0.4, -0.2) is 69.4 Å². The third kappa shape index (κ3) is 56.4. The van der Waals surface area contributed by atoms with Crippen molar-refractivity contribution in [2.24, 2.45) is 0 Å². The smallest absolute Gasteiger partial charge is 0.306 e. The zero-order valence-corrected chi connectivity index (χ0v) is 51.6. The molecule has 0 aromatic rings. The lowest BCUT2D eigenvalue weighted by Gasteiger charge is -2.30. The van der Waals surface area contributed by atoms with Crippen molar-refractivity contribution in [3.8, 4) is 0 Å². The van der Waals surface area contributed by atoms with Gasteiger partial charge in [-0.05, 0) is 96.0 Å². The van der Waals surface area contributed by atoms with Crippen molar-refractivity contribution in [1.82, 2.24) is 5.32 Å². The number of nitrogens with zero attached hydrogens (tertiary/aromatic N) is 1. The van der Waals surface area contributed by atoms with Crippen molar-refractivity contribution in [2.75, 3.05) is 40.9 Å². The van der Waals surface area contributed by atoms with Crippen molar-refractivity contribution in [3.05, 3.63) is 60.8 Å². The van der Waals surface area contributed by atoms with Crippen molar-refractivity contribution in [2.45, 2.75) is 309 Å². The summed E-state index contributed by atoms with van der Waals surface area (Å²) < 4.78 is 30.3. The molecule has 1 amide bonds. The van der Waals surface area contributed by atoms with E-state index in [1.807, 2.05) is 33.3 Å². The van der Waals surface area contributed by atoms with Crippen LogP contribution in [0.15, 0.2) is 60.8 Å². The van der Waals surface area contributed by atoms with Crippen LogP contribution in [0.1, 0.15) is 297 Å². The molecule has 444 valence electrons. The van der Waals surface area contributed by atoms with E-state index in [0.29, 0.717) is 17.4 Å². The molecule has 0 saturated carbocycles. The minimum Gasteiger partial charge on any atom is -0.756 e. The van der Waals surface area contributed by atoms with Crippen LogP contribution in [0.5, 0.6) is 0 Å². The number of phosphoric acid groups is 1. The first-order valence-corrected chi connectivity index (χ1v) is 33.6. The van der Waals surface area contributed by atoms with E-state index in [9.17, 15) is 19.0 Å². The minimum absolute atomic E-state index is 0.0253. The molecular formula is C66H123N2O7P. The van der Waals surface area contributed by atoms with Crippen LogP contribution in [0, 0.1) is 0 Å². The number of amides is 1. The number of likely N-dealkylation sites (N-methyl/N-ethyl adjacent to an activating group) is 1. The van der Waals surface area contributed by atoms with Gasteiger partial charge in [-0.3, -0.25) is 14.2 Å². The van der Waals surface area contributed by atoms with Gasteiger partial charge in [0.15, 0.2) is 0 Å². The van der Waals surface area contributed by atoms with Crippen molar-refractivity contribution >= 4 is 19.7 Å². The van der Waals surface area contributed by atoms with Gasteiger partial charge in [-0.1, -0.05) is 249 Å². The summed E-state index contributed by atoms with van der Waals surface area (Å²) in [5.74, 6) is -0.548. The van der Waals surface area contributed by atoms with Crippen LogP contribution in [0.3, 0.4) is 0 Å². The first kappa shape index (κ1) is 73.7. The van der Waals surface area contributed by atoms with Gasteiger partial charge in [-0.25, -0.2) is 0 Å². The molecule has 76 heavy (non-hydrogen) atoms. The molecule has 0 spiro atoms. The van der Waals surface area contributed by atoms with Gasteiger partial charge in [0.1, 0.15) is 19.3 Å². The first-order chi connectivity index (χ1) is 36.9. The molecule has 0 fully saturated rings. The van der Waals surface area contributed by atoms with E-state index in [0.717, 1.165) is 96.3 Å². The maximum atomic E-state index is 13.5. The molecule has 0 aliphatic carbocycles. The fourth-order valence-corrected chi connectivity index (χ4v) is 9.89. The fraction of sp³-hybridized carbons (Fsp3) is 0.818. The van der Waals surface area contributed by atoms with Crippen LogP contribution in [-0.2, 0) is 27.9 Å².